The molecule has 5 nitrogen and oxygen atoms in total. The van der Waals surface area contributed by atoms with Crippen LogP contribution in [0, 0.1) is 5.82 Å². The zero-order chi connectivity index (χ0) is 11.6. The third kappa shape index (κ3) is 1.88. The Morgan fingerprint density at radius 2 is 2.00 bits per heavy atom. The Labute approximate surface area is 83.7 Å². The highest BCUT2D eigenvalue weighted by Gasteiger charge is 2.23. The predicted molar refractivity (Wildman–Crippen MR) is 46.6 cm³/mol. The van der Waals surface area contributed by atoms with E-state index in [4.69, 9.17) is 10.2 Å². The van der Waals surface area contributed by atoms with E-state index in [0.717, 1.165) is 19.2 Å². The SMILES string of the molecule is COc1c(C(=O)C(=O)O)ccc(F)c1O. The Bertz CT molecular complexity index is 427. The summed E-state index contributed by atoms with van der Waals surface area (Å²) in [6.07, 6.45) is 0. The number of rotatable bonds is 3. The summed E-state index contributed by atoms with van der Waals surface area (Å²) in [6.45, 7) is 0. The highest BCUT2D eigenvalue weighted by Crippen LogP contribution is 2.32. The molecule has 15 heavy (non-hydrogen) atoms. The van der Waals surface area contributed by atoms with Crippen molar-refractivity contribution in [3.8, 4) is 11.5 Å². The quantitative estimate of drug-likeness (QED) is 0.574. The van der Waals surface area contributed by atoms with Crippen molar-refractivity contribution in [3.05, 3.63) is 23.5 Å². The van der Waals surface area contributed by atoms with Crippen LogP contribution in [0.5, 0.6) is 11.5 Å². The summed E-state index contributed by atoms with van der Waals surface area (Å²) in [5.41, 5.74) is -0.399. The molecule has 0 fully saturated rings. The largest absolute Gasteiger partial charge is 0.502 e. The number of phenolic OH excluding ortho intramolecular Hbond substituents is 1. The Morgan fingerprint density at radius 3 is 2.47 bits per heavy atom. The number of carbonyl (C=O) groups is 2. The fourth-order valence-corrected chi connectivity index (χ4v) is 1.05. The van der Waals surface area contributed by atoms with Crippen molar-refractivity contribution in [2.75, 3.05) is 7.11 Å². The standard InChI is InChI=1S/C9H7FO5/c1-15-8-4(6(11)9(13)14)2-3-5(10)7(8)12/h2-3,12H,1H3,(H,13,14). The van der Waals surface area contributed by atoms with Gasteiger partial charge in [-0.05, 0) is 12.1 Å². The Kier molecular flexibility index (Phi) is 2.89. The summed E-state index contributed by atoms with van der Waals surface area (Å²) in [4.78, 5) is 21.5. The van der Waals surface area contributed by atoms with E-state index in [1.807, 2.05) is 0 Å². The van der Waals surface area contributed by atoms with Gasteiger partial charge in [0, 0.05) is 0 Å². The first-order valence-electron chi connectivity index (χ1n) is 3.82. The molecule has 1 rings (SSSR count). The van der Waals surface area contributed by atoms with Gasteiger partial charge in [-0.15, -0.1) is 0 Å². The summed E-state index contributed by atoms with van der Waals surface area (Å²) in [5.74, 6) is -5.35. The summed E-state index contributed by atoms with van der Waals surface area (Å²) < 4.78 is 17.4. The first kappa shape index (κ1) is 11.0. The lowest BCUT2D eigenvalue weighted by molar-refractivity contribution is -0.131. The lowest BCUT2D eigenvalue weighted by Crippen LogP contribution is -2.14. The molecule has 0 unspecified atom stereocenters. The van der Waals surface area contributed by atoms with Gasteiger partial charge >= 0.3 is 5.97 Å². The van der Waals surface area contributed by atoms with E-state index < -0.39 is 34.6 Å². The molecular weight excluding hydrogens is 207 g/mol. The number of ketones is 1. The average molecular weight is 214 g/mol. The van der Waals surface area contributed by atoms with Gasteiger partial charge in [-0.1, -0.05) is 0 Å². The fourth-order valence-electron chi connectivity index (χ4n) is 1.05. The van der Waals surface area contributed by atoms with Crippen LogP contribution in [-0.4, -0.2) is 29.1 Å². The van der Waals surface area contributed by atoms with Crippen molar-refractivity contribution in [3.63, 3.8) is 0 Å². The number of ether oxygens (including phenoxy) is 1. The van der Waals surface area contributed by atoms with Crippen LogP contribution >= 0.6 is 0 Å². The van der Waals surface area contributed by atoms with Gasteiger partial charge in [0.1, 0.15) is 0 Å². The van der Waals surface area contributed by atoms with Crippen molar-refractivity contribution < 1.29 is 28.9 Å². The minimum atomic E-state index is -1.71. The number of aromatic hydroxyl groups is 1. The number of carbonyl (C=O) groups excluding carboxylic acids is 1. The molecule has 0 spiro atoms. The summed E-state index contributed by atoms with van der Waals surface area (Å²) >= 11 is 0. The molecule has 0 saturated carbocycles. The molecule has 1 aromatic carbocycles. The van der Waals surface area contributed by atoms with Crippen LogP contribution in [-0.2, 0) is 4.79 Å². The molecule has 0 aliphatic heterocycles. The van der Waals surface area contributed by atoms with E-state index >= 15 is 0 Å². The molecule has 2 N–H and O–H groups in total. The van der Waals surface area contributed by atoms with E-state index in [1.54, 1.807) is 0 Å². The molecule has 0 amide bonds. The molecular formula is C9H7FO5. The van der Waals surface area contributed by atoms with Crippen LogP contribution in [0.15, 0.2) is 12.1 Å². The molecule has 6 heteroatoms. The van der Waals surface area contributed by atoms with E-state index in [2.05, 4.69) is 4.74 Å². The zero-order valence-electron chi connectivity index (χ0n) is 7.65. The minimum absolute atomic E-state index is 0.399. The number of carboxylic acid groups (broad SMARTS) is 1. The summed E-state index contributed by atoms with van der Waals surface area (Å²) in [7, 11) is 1.09. The number of Topliss-reactive ketones (excluding diaryl/α,β-unsaturated/α-hetero) is 1. The van der Waals surface area contributed by atoms with E-state index in [9.17, 15) is 14.0 Å². The van der Waals surface area contributed by atoms with Crippen LogP contribution in [0.3, 0.4) is 0 Å². The monoisotopic (exact) mass is 214 g/mol. The molecule has 0 aliphatic rings. The average Bonchev–Trinajstić information content (AvgIpc) is 2.20. The van der Waals surface area contributed by atoms with Gasteiger partial charge in [-0.3, -0.25) is 4.79 Å². The highest BCUT2D eigenvalue weighted by atomic mass is 19.1. The Hall–Kier alpha value is -2.11. The van der Waals surface area contributed by atoms with Crippen LogP contribution in [0.4, 0.5) is 4.39 Å². The molecule has 0 saturated heterocycles. The maximum Gasteiger partial charge on any atom is 0.377 e. The smallest absolute Gasteiger partial charge is 0.377 e. The first-order chi connectivity index (χ1) is 6.99. The van der Waals surface area contributed by atoms with Crippen LogP contribution in [0.25, 0.3) is 0 Å². The number of benzene rings is 1. The Balaban J connectivity index is 3.37. The van der Waals surface area contributed by atoms with Gasteiger partial charge in [0.25, 0.3) is 5.78 Å². The number of aliphatic carboxylic acids is 1. The molecule has 0 atom stereocenters. The number of carboxylic acids is 1. The minimum Gasteiger partial charge on any atom is -0.502 e. The van der Waals surface area contributed by atoms with Gasteiger partial charge in [-0.2, -0.15) is 0 Å². The van der Waals surface area contributed by atoms with Gasteiger partial charge in [-0.25, -0.2) is 9.18 Å². The normalized spacial score (nSPS) is 9.73. The summed E-state index contributed by atoms with van der Waals surface area (Å²) in [6, 6.07) is 1.72. The van der Waals surface area contributed by atoms with Crippen LogP contribution < -0.4 is 4.74 Å². The predicted octanol–water partition coefficient (Wildman–Crippen LogP) is 0.807. The van der Waals surface area contributed by atoms with Crippen molar-refractivity contribution in [1.29, 1.82) is 0 Å². The van der Waals surface area contributed by atoms with Crippen molar-refractivity contribution >= 4 is 11.8 Å². The number of hydrogen-bond acceptors (Lipinski definition) is 4. The molecule has 1 aromatic rings. The van der Waals surface area contributed by atoms with Gasteiger partial charge < -0.3 is 14.9 Å². The highest BCUT2D eigenvalue weighted by molar-refractivity contribution is 6.40. The summed E-state index contributed by atoms with van der Waals surface area (Å²) in [5, 5.41) is 17.6. The molecule has 0 bridgehead atoms. The maximum atomic E-state index is 12.8. The van der Waals surface area contributed by atoms with Gasteiger partial charge in [0.15, 0.2) is 17.3 Å². The number of halogens is 1. The van der Waals surface area contributed by atoms with Crippen LogP contribution in [0.1, 0.15) is 10.4 Å². The molecule has 0 aromatic heterocycles. The van der Waals surface area contributed by atoms with Gasteiger partial charge in [0.05, 0.1) is 12.7 Å². The second kappa shape index (κ2) is 3.95. The third-order valence-electron chi connectivity index (χ3n) is 1.73. The number of methoxy groups -OCH3 is 1. The third-order valence-corrected chi connectivity index (χ3v) is 1.73. The van der Waals surface area contributed by atoms with Gasteiger partial charge in [0.2, 0.25) is 0 Å². The van der Waals surface area contributed by atoms with E-state index in [0.29, 0.717) is 0 Å². The molecule has 0 aliphatic carbocycles. The lowest BCUT2D eigenvalue weighted by atomic mass is 10.1. The second-order valence-corrected chi connectivity index (χ2v) is 2.61. The van der Waals surface area contributed by atoms with E-state index in [-0.39, 0.29) is 0 Å². The van der Waals surface area contributed by atoms with Crippen molar-refractivity contribution in [1.82, 2.24) is 0 Å². The zero-order valence-corrected chi connectivity index (χ0v) is 7.65. The van der Waals surface area contributed by atoms with Crippen LogP contribution in [0.2, 0.25) is 0 Å². The van der Waals surface area contributed by atoms with E-state index in [1.165, 1.54) is 0 Å². The second-order valence-electron chi connectivity index (χ2n) is 2.61. The lowest BCUT2D eigenvalue weighted by Gasteiger charge is -2.07. The number of phenols is 1. The van der Waals surface area contributed by atoms with Crippen molar-refractivity contribution in [2.24, 2.45) is 0 Å². The fraction of sp³-hybridized carbons (Fsp3) is 0.111. The molecule has 80 valence electrons. The number of hydrogen-bond donors (Lipinski definition) is 2. The van der Waals surface area contributed by atoms with Crippen molar-refractivity contribution in [2.45, 2.75) is 0 Å². The molecule has 0 heterocycles. The molecule has 0 radical (unpaired) electrons. The Morgan fingerprint density at radius 1 is 1.40 bits per heavy atom. The topological polar surface area (TPSA) is 83.8 Å². The first-order valence-corrected chi connectivity index (χ1v) is 3.82. The maximum absolute atomic E-state index is 12.8.